The van der Waals surface area contributed by atoms with Gasteiger partial charge < -0.3 is 5.32 Å². The van der Waals surface area contributed by atoms with E-state index >= 15 is 0 Å². The lowest BCUT2D eigenvalue weighted by Crippen LogP contribution is -2.23. The molecule has 1 heterocycles. The Morgan fingerprint density at radius 2 is 2.05 bits per heavy atom. The van der Waals surface area contributed by atoms with Crippen molar-refractivity contribution in [2.24, 2.45) is 0 Å². The summed E-state index contributed by atoms with van der Waals surface area (Å²) in [5, 5.41) is 5.11. The first-order valence-corrected chi connectivity index (χ1v) is 9.31. The lowest BCUT2D eigenvalue weighted by molar-refractivity contribution is 0.536. The molecule has 5 heteroatoms. The molecule has 1 atom stereocenters. The monoisotopic (exact) mass is 405 g/mol. The fraction of sp³-hybridized carbons (Fsp3) is 0.375. The van der Waals surface area contributed by atoms with Crippen molar-refractivity contribution in [1.29, 1.82) is 0 Å². The summed E-state index contributed by atoms with van der Waals surface area (Å²) in [6.45, 7) is 5.27. The molecule has 0 radical (unpaired) electrons. The Morgan fingerprint density at radius 3 is 2.67 bits per heavy atom. The predicted molar refractivity (Wildman–Crippen MR) is 98.0 cm³/mol. The highest BCUT2D eigenvalue weighted by atomic mass is 79.9. The van der Waals surface area contributed by atoms with Gasteiger partial charge in [0.1, 0.15) is 0 Å². The topological polar surface area (TPSA) is 12.0 Å². The van der Waals surface area contributed by atoms with Gasteiger partial charge in [0.05, 0.1) is 3.79 Å². The van der Waals surface area contributed by atoms with Crippen LogP contribution in [-0.4, -0.2) is 6.54 Å². The molecule has 1 N–H and O–H groups in total. The first-order valence-electron chi connectivity index (χ1n) is 6.94. The number of hydrogen-bond donors (Lipinski definition) is 1. The third-order valence-corrected chi connectivity index (χ3v) is 6.15. The minimum absolute atomic E-state index is 0.260. The van der Waals surface area contributed by atoms with E-state index < -0.39 is 0 Å². The average molecular weight is 407 g/mol. The third kappa shape index (κ3) is 4.70. The molecule has 1 aromatic carbocycles. The molecule has 0 spiro atoms. The van der Waals surface area contributed by atoms with Gasteiger partial charge in [-0.25, -0.2) is 0 Å². The Labute approximate surface area is 148 Å². The zero-order valence-electron chi connectivity index (χ0n) is 12.1. The molecule has 1 aromatic heterocycles. The smallest absolute Gasteiger partial charge is 0.0731 e. The normalized spacial score (nSPS) is 12.6. The molecular formula is C16H18BrCl2NS. The van der Waals surface area contributed by atoms with Crippen molar-refractivity contribution in [1.82, 2.24) is 5.32 Å². The van der Waals surface area contributed by atoms with Crippen LogP contribution < -0.4 is 5.32 Å². The van der Waals surface area contributed by atoms with E-state index in [0.717, 1.165) is 35.0 Å². The van der Waals surface area contributed by atoms with Crippen LogP contribution >= 0.6 is 50.5 Å². The molecule has 1 nitrogen and oxygen atoms in total. The molecule has 1 unspecified atom stereocenters. The molecule has 0 fully saturated rings. The zero-order valence-corrected chi connectivity index (χ0v) is 16.0. The number of hydrogen-bond acceptors (Lipinski definition) is 2. The molecule has 2 rings (SSSR count). The van der Waals surface area contributed by atoms with E-state index in [0.29, 0.717) is 0 Å². The molecule has 0 aliphatic carbocycles. The highest BCUT2D eigenvalue weighted by Crippen LogP contribution is 2.34. The first kappa shape index (κ1) is 17.3. The van der Waals surface area contributed by atoms with Crippen molar-refractivity contribution < 1.29 is 0 Å². The van der Waals surface area contributed by atoms with Crippen molar-refractivity contribution in [3.05, 3.63) is 54.1 Å². The van der Waals surface area contributed by atoms with Gasteiger partial charge in [-0.1, -0.05) is 30.1 Å². The van der Waals surface area contributed by atoms with Crippen LogP contribution in [0.5, 0.6) is 0 Å². The Balaban J connectivity index is 2.25. The number of nitrogens with one attached hydrogen (secondary N) is 1. The molecule has 114 valence electrons. The summed E-state index contributed by atoms with van der Waals surface area (Å²) in [4.78, 5) is 1.32. The van der Waals surface area contributed by atoms with Crippen molar-refractivity contribution >= 4 is 50.5 Å². The van der Waals surface area contributed by atoms with E-state index in [1.807, 2.05) is 18.2 Å². The summed E-state index contributed by atoms with van der Waals surface area (Å²) in [5.74, 6) is 0. The number of benzene rings is 1. The fourth-order valence-electron chi connectivity index (χ4n) is 2.17. The third-order valence-electron chi connectivity index (χ3n) is 3.29. The van der Waals surface area contributed by atoms with Gasteiger partial charge in [-0.15, -0.1) is 11.3 Å². The van der Waals surface area contributed by atoms with Gasteiger partial charge in [-0.05, 0) is 77.6 Å². The van der Waals surface area contributed by atoms with Gasteiger partial charge in [0.2, 0.25) is 0 Å². The van der Waals surface area contributed by atoms with Crippen LogP contribution in [0.4, 0.5) is 0 Å². The summed E-state index contributed by atoms with van der Waals surface area (Å²) in [7, 11) is 0. The summed E-state index contributed by atoms with van der Waals surface area (Å²) in [6.07, 6.45) is 1.94. The van der Waals surface area contributed by atoms with Crippen LogP contribution in [0.15, 0.2) is 28.1 Å². The van der Waals surface area contributed by atoms with E-state index in [-0.39, 0.29) is 6.04 Å². The quantitative estimate of drug-likeness (QED) is 0.584. The number of halogens is 3. The second-order valence-electron chi connectivity index (χ2n) is 5.05. The summed E-state index contributed by atoms with van der Waals surface area (Å²) >= 11 is 17.8. The molecule has 0 saturated carbocycles. The van der Waals surface area contributed by atoms with Gasteiger partial charge in [-0.2, -0.15) is 0 Å². The summed E-state index contributed by atoms with van der Waals surface area (Å²) in [5.41, 5.74) is 2.36. The molecule has 0 bridgehead atoms. The molecular weight excluding hydrogens is 389 g/mol. The van der Waals surface area contributed by atoms with E-state index in [1.165, 1.54) is 14.2 Å². The zero-order chi connectivity index (χ0) is 15.4. The second kappa shape index (κ2) is 7.98. The second-order valence-corrected chi connectivity index (χ2v) is 8.30. The molecule has 21 heavy (non-hydrogen) atoms. The van der Waals surface area contributed by atoms with Crippen LogP contribution in [-0.2, 0) is 6.42 Å². The largest absolute Gasteiger partial charge is 0.309 e. The predicted octanol–water partition coefficient (Wildman–Crippen LogP) is 6.41. The minimum atomic E-state index is 0.260. The standard InChI is InChI=1S/C16H18BrCl2NS/c1-3-6-20-14(15-7-10(2)16(17)21-15)9-11-8-12(18)4-5-13(11)19/h4-5,7-8,14,20H,3,6,9H2,1-2H3. The fourth-order valence-corrected chi connectivity index (χ4v) is 4.20. The maximum atomic E-state index is 6.31. The Hall–Kier alpha value is -0.0600. The van der Waals surface area contributed by atoms with Crippen molar-refractivity contribution in [3.8, 4) is 0 Å². The van der Waals surface area contributed by atoms with Gasteiger partial charge in [0.15, 0.2) is 0 Å². The number of thiophene rings is 1. The van der Waals surface area contributed by atoms with Gasteiger partial charge in [0.25, 0.3) is 0 Å². The van der Waals surface area contributed by atoms with E-state index in [1.54, 1.807) is 11.3 Å². The SMILES string of the molecule is CCCNC(Cc1cc(Cl)ccc1Cl)c1cc(C)c(Br)s1. The molecule has 2 aromatic rings. The van der Waals surface area contributed by atoms with E-state index in [2.05, 4.69) is 41.2 Å². The Morgan fingerprint density at radius 1 is 1.29 bits per heavy atom. The molecule has 0 saturated heterocycles. The maximum absolute atomic E-state index is 6.31. The Kier molecular flexibility index (Phi) is 6.57. The van der Waals surface area contributed by atoms with E-state index in [9.17, 15) is 0 Å². The van der Waals surface area contributed by atoms with Crippen molar-refractivity contribution in [2.45, 2.75) is 32.7 Å². The van der Waals surface area contributed by atoms with Gasteiger partial charge >= 0.3 is 0 Å². The first-order chi connectivity index (χ1) is 10.0. The van der Waals surface area contributed by atoms with Crippen LogP contribution in [0.3, 0.4) is 0 Å². The van der Waals surface area contributed by atoms with Gasteiger partial charge in [-0.3, -0.25) is 0 Å². The highest BCUT2D eigenvalue weighted by Gasteiger charge is 2.17. The molecule has 0 aliphatic heterocycles. The summed E-state index contributed by atoms with van der Waals surface area (Å²) in [6, 6.07) is 8.15. The van der Waals surface area contributed by atoms with Gasteiger partial charge in [0, 0.05) is 21.0 Å². The minimum Gasteiger partial charge on any atom is -0.309 e. The average Bonchev–Trinajstić information content (AvgIpc) is 2.78. The lowest BCUT2D eigenvalue weighted by Gasteiger charge is -2.18. The van der Waals surface area contributed by atoms with E-state index in [4.69, 9.17) is 23.2 Å². The Bertz CT molecular complexity index is 593. The maximum Gasteiger partial charge on any atom is 0.0731 e. The van der Waals surface area contributed by atoms with Crippen molar-refractivity contribution in [3.63, 3.8) is 0 Å². The number of aryl methyl sites for hydroxylation is 1. The van der Waals surface area contributed by atoms with Crippen molar-refractivity contribution in [2.75, 3.05) is 6.54 Å². The highest BCUT2D eigenvalue weighted by molar-refractivity contribution is 9.11. The number of rotatable bonds is 6. The lowest BCUT2D eigenvalue weighted by atomic mass is 10.0. The summed E-state index contributed by atoms with van der Waals surface area (Å²) < 4.78 is 1.19. The molecule has 0 amide bonds. The van der Waals surface area contributed by atoms with Crippen LogP contribution in [0.25, 0.3) is 0 Å². The van der Waals surface area contributed by atoms with Crippen LogP contribution in [0, 0.1) is 6.92 Å². The molecule has 0 aliphatic rings. The van der Waals surface area contributed by atoms with Crippen LogP contribution in [0.1, 0.15) is 35.4 Å². The van der Waals surface area contributed by atoms with Crippen LogP contribution in [0.2, 0.25) is 10.0 Å².